The molecule has 1 aliphatic carbocycles. The van der Waals surface area contributed by atoms with E-state index in [1.54, 1.807) is 6.92 Å². The number of carbonyl (C=O) groups is 3. The number of hydrogen-bond acceptors (Lipinski definition) is 8. The minimum Gasteiger partial charge on any atom is -0.370 e. The second-order valence-electron chi connectivity index (χ2n) is 10.5. The highest BCUT2D eigenvalue weighted by Gasteiger charge is 2.31. The van der Waals surface area contributed by atoms with Gasteiger partial charge in [0.15, 0.2) is 5.96 Å². The van der Waals surface area contributed by atoms with E-state index >= 15 is 0 Å². The Hall–Kier alpha value is -3.79. The van der Waals surface area contributed by atoms with Gasteiger partial charge in [-0.2, -0.15) is 0 Å². The van der Waals surface area contributed by atoms with Gasteiger partial charge in [-0.25, -0.2) is 13.1 Å². The van der Waals surface area contributed by atoms with Crippen LogP contribution in [0.1, 0.15) is 64.7 Å². The number of anilines is 1. The molecule has 0 heterocycles. The summed E-state index contributed by atoms with van der Waals surface area (Å²) in [7, 11) is -3.70. The molecule has 0 bridgehead atoms. The highest BCUT2D eigenvalue weighted by Crippen LogP contribution is 2.27. The number of nitrogens with one attached hydrogen (secondary N) is 4. The number of nitrogens with two attached hydrogens (primary N) is 2. The first kappa shape index (κ1) is 34.4. The molecule has 0 aliphatic heterocycles. The minimum absolute atomic E-state index is 0.120. The van der Waals surface area contributed by atoms with Crippen molar-refractivity contribution < 1.29 is 27.7 Å². The lowest BCUT2D eigenvalue weighted by atomic mass is 9.85. The summed E-state index contributed by atoms with van der Waals surface area (Å²) in [6.07, 6.45) is 6.91. The van der Waals surface area contributed by atoms with E-state index in [9.17, 15) is 32.9 Å². The Morgan fingerprint density at radius 3 is 2.14 bits per heavy atom. The smallest absolute Gasteiger partial charge is 0.269 e. The number of nitrogens with zero attached hydrogens (tertiary/aromatic N) is 2. The van der Waals surface area contributed by atoms with E-state index in [2.05, 4.69) is 25.7 Å². The quantitative estimate of drug-likeness (QED) is 0.0510. The lowest BCUT2D eigenvalue weighted by Gasteiger charge is -2.28. The molecule has 1 fully saturated rings. The zero-order chi connectivity index (χ0) is 31.3. The van der Waals surface area contributed by atoms with Crippen LogP contribution in [0.4, 0.5) is 11.4 Å². The van der Waals surface area contributed by atoms with E-state index in [4.69, 9.17) is 11.5 Å². The number of hydrogen-bond donors (Lipinski definition) is 6. The van der Waals surface area contributed by atoms with Crippen LogP contribution < -0.4 is 32.1 Å². The molecule has 1 saturated carbocycles. The Kier molecular flexibility index (Phi) is 13.6. The van der Waals surface area contributed by atoms with Gasteiger partial charge >= 0.3 is 0 Å². The summed E-state index contributed by atoms with van der Waals surface area (Å²) in [6, 6.07) is 2.07. The van der Waals surface area contributed by atoms with Crippen LogP contribution in [-0.4, -0.2) is 67.9 Å². The topological polar surface area (TPSA) is 241 Å². The van der Waals surface area contributed by atoms with Gasteiger partial charge in [0.1, 0.15) is 18.1 Å². The van der Waals surface area contributed by atoms with E-state index in [0.717, 1.165) is 38.4 Å². The second kappa shape index (κ2) is 16.6. The summed E-state index contributed by atoms with van der Waals surface area (Å²) < 4.78 is 26.4. The standard InChI is InChI=1S/C26H42N8O7S/c1-3-20(31-25(37)22(33-42(2,40)41)16-17-8-5-4-6-9-17)23(35)32-21(10-7-15-29-26(27)28)24(36)30-18-11-13-19(14-12-18)34(38)39/h11-14,17,20-22,33H,3-10,15-16H2,1-2H3,(H,30,36)(H,31,37)(H,32,35)(H4,27,28,29). The van der Waals surface area contributed by atoms with Gasteiger partial charge in [0.2, 0.25) is 27.7 Å². The number of rotatable bonds is 16. The molecular weight excluding hydrogens is 568 g/mol. The second-order valence-corrected chi connectivity index (χ2v) is 12.2. The first-order chi connectivity index (χ1) is 19.8. The van der Waals surface area contributed by atoms with Gasteiger partial charge in [0.25, 0.3) is 5.69 Å². The fourth-order valence-electron chi connectivity index (χ4n) is 4.79. The minimum atomic E-state index is -3.70. The van der Waals surface area contributed by atoms with Crippen molar-refractivity contribution in [1.29, 1.82) is 0 Å². The highest BCUT2D eigenvalue weighted by atomic mass is 32.2. The van der Waals surface area contributed by atoms with E-state index in [1.807, 2.05) is 0 Å². The molecule has 0 spiro atoms. The molecule has 0 saturated heterocycles. The number of nitro benzene ring substituents is 1. The van der Waals surface area contributed by atoms with Crippen LogP contribution >= 0.6 is 0 Å². The summed E-state index contributed by atoms with van der Waals surface area (Å²) in [5.41, 5.74) is 10.9. The fraction of sp³-hybridized carbons (Fsp3) is 0.615. The normalized spacial score (nSPS) is 16.0. The molecule has 0 aromatic heterocycles. The van der Waals surface area contributed by atoms with Crippen molar-refractivity contribution in [3.8, 4) is 0 Å². The van der Waals surface area contributed by atoms with Gasteiger partial charge < -0.3 is 27.4 Å². The fourth-order valence-corrected chi connectivity index (χ4v) is 5.51. The number of sulfonamides is 1. The van der Waals surface area contributed by atoms with E-state index < -0.39 is 50.8 Å². The lowest BCUT2D eigenvalue weighted by molar-refractivity contribution is -0.384. The predicted molar refractivity (Wildman–Crippen MR) is 159 cm³/mol. The van der Waals surface area contributed by atoms with Crippen molar-refractivity contribution >= 4 is 45.1 Å². The molecule has 3 atom stereocenters. The van der Waals surface area contributed by atoms with Crippen molar-refractivity contribution in [2.75, 3.05) is 18.1 Å². The van der Waals surface area contributed by atoms with Gasteiger partial charge in [-0.3, -0.25) is 29.5 Å². The van der Waals surface area contributed by atoms with E-state index in [-0.39, 0.29) is 42.6 Å². The van der Waals surface area contributed by atoms with Gasteiger partial charge in [-0.15, -0.1) is 0 Å². The van der Waals surface area contributed by atoms with Crippen molar-refractivity contribution in [2.45, 2.75) is 82.8 Å². The largest absolute Gasteiger partial charge is 0.370 e. The summed E-state index contributed by atoms with van der Waals surface area (Å²) in [5.74, 6) is -1.77. The Labute approximate surface area is 245 Å². The number of aliphatic imine (C=N–C) groups is 1. The molecule has 16 heteroatoms. The first-order valence-corrected chi connectivity index (χ1v) is 15.9. The lowest BCUT2D eigenvalue weighted by Crippen LogP contribution is -2.56. The Morgan fingerprint density at radius 1 is 1.00 bits per heavy atom. The van der Waals surface area contributed by atoms with Crippen LogP contribution in [0.3, 0.4) is 0 Å². The molecule has 3 unspecified atom stereocenters. The number of non-ortho nitro benzene ring substituents is 1. The molecule has 0 radical (unpaired) electrons. The zero-order valence-corrected chi connectivity index (χ0v) is 24.8. The Morgan fingerprint density at radius 2 is 1.60 bits per heavy atom. The third kappa shape index (κ3) is 12.4. The Balaban J connectivity index is 2.13. The molecule has 8 N–H and O–H groups in total. The number of guanidine groups is 1. The maximum absolute atomic E-state index is 13.2. The zero-order valence-electron chi connectivity index (χ0n) is 24.0. The number of nitro groups is 1. The van der Waals surface area contributed by atoms with Crippen LogP contribution in [0, 0.1) is 16.0 Å². The van der Waals surface area contributed by atoms with Gasteiger partial charge in [-0.05, 0) is 43.7 Å². The highest BCUT2D eigenvalue weighted by molar-refractivity contribution is 7.88. The molecule has 3 amide bonds. The van der Waals surface area contributed by atoms with Crippen LogP contribution in [0.2, 0.25) is 0 Å². The van der Waals surface area contributed by atoms with Crippen molar-refractivity contribution in [3.05, 3.63) is 34.4 Å². The molecule has 1 aromatic carbocycles. The SMILES string of the molecule is CCC(NC(=O)C(CC1CCCCC1)NS(C)(=O)=O)C(=O)NC(CCCN=C(N)N)C(=O)Nc1ccc([N+](=O)[O-])cc1. The van der Waals surface area contributed by atoms with Crippen molar-refractivity contribution in [1.82, 2.24) is 15.4 Å². The van der Waals surface area contributed by atoms with Crippen LogP contribution in [0.25, 0.3) is 0 Å². The van der Waals surface area contributed by atoms with Crippen molar-refractivity contribution in [2.24, 2.45) is 22.4 Å². The van der Waals surface area contributed by atoms with Gasteiger partial charge in [0, 0.05) is 24.4 Å². The maximum atomic E-state index is 13.2. The number of amides is 3. The average molecular weight is 611 g/mol. The molecule has 1 aliphatic rings. The molecule has 234 valence electrons. The molecule has 15 nitrogen and oxygen atoms in total. The molecule has 2 rings (SSSR count). The summed E-state index contributed by atoms with van der Waals surface area (Å²) in [5, 5.41) is 18.8. The van der Waals surface area contributed by atoms with Crippen LogP contribution in [0.15, 0.2) is 29.3 Å². The summed E-state index contributed by atoms with van der Waals surface area (Å²) >= 11 is 0. The maximum Gasteiger partial charge on any atom is 0.269 e. The molecular formula is C26H42N8O7S. The van der Waals surface area contributed by atoms with Crippen LogP contribution in [-0.2, 0) is 24.4 Å². The van der Waals surface area contributed by atoms with E-state index in [0.29, 0.717) is 12.8 Å². The number of carbonyl (C=O) groups excluding carboxylic acids is 3. The van der Waals surface area contributed by atoms with Crippen molar-refractivity contribution in [3.63, 3.8) is 0 Å². The summed E-state index contributed by atoms with van der Waals surface area (Å²) in [4.78, 5) is 53.8. The predicted octanol–water partition coefficient (Wildman–Crippen LogP) is 0.855. The van der Waals surface area contributed by atoms with Gasteiger partial charge in [-0.1, -0.05) is 39.0 Å². The average Bonchev–Trinajstić information content (AvgIpc) is 2.92. The molecule has 1 aromatic rings. The Bertz CT molecular complexity index is 1210. The van der Waals surface area contributed by atoms with Crippen LogP contribution in [0.5, 0.6) is 0 Å². The van der Waals surface area contributed by atoms with E-state index in [1.165, 1.54) is 24.3 Å². The summed E-state index contributed by atoms with van der Waals surface area (Å²) in [6.45, 7) is 1.88. The number of benzene rings is 1. The third-order valence-corrected chi connectivity index (χ3v) is 7.64. The van der Waals surface area contributed by atoms with Gasteiger partial charge in [0.05, 0.1) is 11.2 Å². The third-order valence-electron chi connectivity index (χ3n) is 6.93. The first-order valence-electron chi connectivity index (χ1n) is 14.0. The monoisotopic (exact) mass is 610 g/mol. The molecule has 42 heavy (non-hydrogen) atoms.